The maximum Gasteiger partial charge on any atom is 0.329 e. The van der Waals surface area contributed by atoms with Crippen LogP contribution in [0.4, 0.5) is 11.5 Å². The Kier molecular flexibility index (Phi) is 5.45. The number of ether oxygens (including phenoxy) is 2. The molecule has 28 heavy (non-hydrogen) atoms. The molecule has 0 bridgehead atoms. The smallest absolute Gasteiger partial charge is 0.329 e. The highest BCUT2D eigenvalue weighted by Crippen LogP contribution is 2.31. The van der Waals surface area contributed by atoms with Crippen LogP contribution < -0.4 is 14.8 Å². The van der Waals surface area contributed by atoms with Crippen LogP contribution in [0.1, 0.15) is 12.8 Å². The first-order chi connectivity index (χ1) is 13.6. The minimum atomic E-state index is -0.510. The molecule has 2 unspecified atom stereocenters. The number of rotatable bonds is 5. The van der Waals surface area contributed by atoms with Gasteiger partial charge < -0.3 is 14.8 Å². The molecule has 2 aliphatic rings. The summed E-state index contributed by atoms with van der Waals surface area (Å²) in [5, 5.41) is 14.3. The van der Waals surface area contributed by atoms with Crippen LogP contribution in [0.5, 0.6) is 11.5 Å². The van der Waals surface area contributed by atoms with Crippen LogP contribution in [0.25, 0.3) is 0 Å². The Balaban J connectivity index is 1.38. The largest absolute Gasteiger partial charge is 0.486 e. The van der Waals surface area contributed by atoms with E-state index in [9.17, 15) is 10.1 Å². The number of hydrogen-bond acceptors (Lipinski definition) is 8. The lowest BCUT2D eigenvalue weighted by Gasteiger charge is -2.36. The molecule has 4 rings (SSSR count). The Bertz CT molecular complexity index is 868. The number of nitrogens with one attached hydrogen (secondary N) is 1. The van der Waals surface area contributed by atoms with Crippen molar-refractivity contribution in [1.82, 2.24) is 14.9 Å². The second kappa shape index (κ2) is 8.15. The number of likely N-dealkylation sites (tertiary alicyclic amines) is 1. The molecular formula is C18H20ClN5O4. The molecule has 0 saturated carbocycles. The van der Waals surface area contributed by atoms with Gasteiger partial charge in [-0.2, -0.15) is 4.98 Å². The monoisotopic (exact) mass is 405 g/mol. The number of fused-ring (bicyclic) bond motifs is 1. The van der Waals surface area contributed by atoms with Crippen molar-refractivity contribution in [2.45, 2.75) is 25.0 Å². The highest BCUT2D eigenvalue weighted by atomic mass is 35.5. The Hall–Kier alpha value is -2.65. The Morgan fingerprint density at radius 3 is 3.00 bits per heavy atom. The third kappa shape index (κ3) is 4.26. The molecule has 2 aliphatic heterocycles. The first-order valence-electron chi connectivity index (χ1n) is 9.13. The topological polar surface area (TPSA) is 103 Å². The normalized spacial score (nSPS) is 21.9. The number of anilines is 1. The van der Waals surface area contributed by atoms with Crippen molar-refractivity contribution in [2.75, 3.05) is 31.6 Å². The van der Waals surface area contributed by atoms with E-state index in [4.69, 9.17) is 21.1 Å². The Morgan fingerprint density at radius 2 is 2.18 bits per heavy atom. The molecule has 1 fully saturated rings. The van der Waals surface area contributed by atoms with Crippen LogP contribution in [0.2, 0.25) is 5.28 Å². The van der Waals surface area contributed by atoms with Gasteiger partial charge in [-0.1, -0.05) is 12.1 Å². The summed E-state index contributed by atoms with van der Waals surface area (Å²) in [5.74, 6) is 1.68. The standard InChI is InChI=1S/C18H20ClN5O4/c19-18-20-8-14(24(25)26)17(22-18)21-12-4-3-7-23(9-12)10-13-11-27-15-5-1-2-6-16(15)28-13/h1-2,5-6,8,12-13H,3-4,7,9-11H2,(H,20,21,22). The summed E-state index contributed by atoms with van der Waals surface area (Å²) < 4.78 is 11.8. The minimum Gasteiger partial charge on any atom is -0.486 e. The van der Waals surface area contributed by atoms with Gasteiger partial charge >= 0.3 is 5.69 Å². The molecule has 1 aromatic carbocycles. The van der Waals surface area contributed by atoms with Crippen LogP contribution in [0, 0.1) is 10.1 Å². The third-order valence-corrected chi connectivity index (χ3v) is 4.99. The molecule has 9 nitrogen and oxygen atoms in total. The van der Waals surface area contributed by atoms with Crippen LogP contribution in [-0.2, 0) is 0 Å². The number of nitro groups is 1. The predicted octanol–water partition coefficient (Wildman–Crippen LogP) is 2.75. The number of benzene rings is 1. The average molecular weight is 406 g/mol. The molecule has 0 radical (unpaired) electrons. The van der Waals surface area contributed by atoms with E-state index in [0.29, 0.717) is 6.61 Å². The Labute approximate surface area is 166 Å². The minimum absolute atomic E-state index is 0.0211. The van der Waals surface area contributed by atoms with Gasteiger partial charge in [0, 0.05) is 19.1 Å². The quantitative estimate of drug-likeness (QED) is 0.460. The maximum absolute atomic E-state index is 11.2. The van der Waals surface area contributed by atoms with E-state index in [1.165, 1.54) is 0 Å². The van der Waals surface area contributed by atoms with Gasteiger partial charge in [0.15, 0.2) is 11.5 Å². The lowest BCUT2D eigenvalue weighted by molar-refractivity contribution is -0.384. The summed E-state index contributed by atoms with van der Waals surface area (Å²) in [4.78, 5) is 20.7. The highest BCUT2D eigenvalue weighted by Gasteiger charge is 2.28. The molecule has 2 atom stereocenters. The number of halogens is 1. The van der Waals surface area contributed by atoms with Gasteiger partial charge in [0.1, 0.15) is 18.9 Å². The summed E-state index contributed by atoms with van der Waals surface area (Å²) in [6.45, 7) is 2.88. The van der Waals surface area contributed by atoms with Gasteiger partial charge in [-0.05, 0) is 43.1 Å². The first-order valence-corrected chi connectivity index (χ1v) is 9.50. The van der Waals surface area contributed by atoms with Gasteiger partial charge in [0.2, 0.25) is 11.1 Å². The first kappa shape index (κ1) is 18.7. The van der Waals surface area contributed by atoms with Crippen molar-refractivity contribution in [3.05, 3.63) is 45.9 Å². The van der Waals surface area contributed by atoms with Crippen molar-refractivity contribution in [2.24, 2.45) is 0 Å². The van der Waals surface area contributed by atoms with Gasteiger partial charge in [-0.3, -0.25) is 15.0 Å². The SMILES string of the molecule is O=[N+]([O-])c1cnc(Cl)nc1NC1CCCN(CC2COc3ccccc3O2)C1. The van der Waals surface area contributed by atoms with Gasteiger partial charge in [-0.15, -0.1) is 0 Å². The van der Waals surface area contributed by atoms with E-state index in [0.717, 1.165) is 50.2 Å². The summed E-state index contributed by atoms with van der Waals surface area (Å²) in [6, 6.07) is 7.66. The third-order valence-electron chi connectivity index (χ3n) is 4.81. The van der Waals surface area contributed by atoms with Gasteiger partial charge in [0.05, 0.1) is 4.92 Å². The van der Waals surface area contributed by atoms with Crippen LogP contribution in [0.3, 0.4) is 0 Å². The fourth-order valence-electron chi connectivity index (χ4n) is 3.57. The summed E-state index contributed by atoms with van der Waals surface area (Å²) in [7, 11) is 0. The second-order valence-electron chi connectivity index (χ2n) is 6.87. The molecule has 10 heteroatoms. The van der Waals surface area contributed by atoms with E-state index in [-0.39, 0.29) is 28.9 Å². The highest BCUT2D eigenvalue weighted by molar-refractivity contribution is 6.28. The van der Waals surface area contributed by atoms with Gasteiger partial charge in [0.25, 0.3) is 0 Å². The van der Waals surface area contributed by atoms with Crippen LogP contribution in [-0.4, -0.2) is 58.2 Å². The van der Waals surface area contributed by atoms with E-state index >= 15 is 0 Å². The summed E-state index contributed by atoms with van der Waals surface area (Å²) in [5.41, 5.74) is -0.179. The second-order valence-corrected chi connectivity index (χ2v) is 7.21. The van der Waals surface area contributed by atoms with Crippen LogP contribution in [0.15, 0.2) is 30.5 Å². The number of hydrogen-bond donors (Lipinski definition) is 1. The molecule has 2 aromatic rings. The van der Waals surface area contributed by atoms with Crippen molar-refractivity contribution < 1.29 is 14.4 Å². The maximum atomic E-state index is 11.2. The lowest BCUT2D eigenvalue weighted by atomic mass is 10.1. The molecule has 0 amide bonds. The fourth-order valence-corrected chi connectivity index (χ4v) is 3.70. The van der Waals surface area contributed by atoms with Crippen molar-refractivity contribution >= 4 is 23.1 Å². The zero-order valence-corrected chi connectivity index (χ0v) is 15.8. The van der Waals surface area contributed by atoms with Crippen molar-refractivity contribution in [1.29, 1.82) is 0 Å². The average Bonchev–Trinajstić information content (AvgIpc) is 2.68. The molecule has 0 aliphatic carbocycles. The van der Waals surface area contributed by atoms with E-state index < -0.39 is 4.92 Å². The number of piperidine rings is 1. The zero-order chi connectivity index (χ0) is 19.5. The molecule has 1 aromatic heterocycles. The molecule has 1 N–H and O–H groups in total. The summed E-state index contributed by atoms with van der Waals surface area (Å²) in [6.07, 6.45) is 2.92. The Morgan fingerprint density at radius 1 is 1.36 bits per heavy atom. The molecule has 3 heterocycles. The number of para-hydroxylation sites is 2. The van der Waals surface area contributed by atoms with E-state index in [2.05, 4.69) is 20.2 Å². The predicted molar refractivity (Wildman–Crippen MR) is 103 cm³/mol. The lowest BCUT2D eigenvalue weighted by Crippen LogP contribution is -2.48. The number of nitrogens with zero attached hydrogens (tertiary/aromatic N) is 4. The molecule has 1 saturated heterocycles. The number of aromatic nitrogens is 2. The van der Waals surface area contributed by atoms with Gasteiger partial charge in [-0.25, -0.2) is 4.98 Å². The van der Waals surface area contributed by atoms with Crippen LogP contribution >= 0.6 is 11.6 Å². The van der Waals surface area contributed by atoms with Crippen molar-refractivity contribution in [3.8, 4) is 11.5 Å². The van der Waals surface area contributed by atoms with E-state index in [1.54, 1.807) is 0 Å². The van der Waals surface area contributed by atoms with E-state index in [1.807, 2.05) is 24.3 Å². The summed E-state index contributed by atoms with van der Waals surface area (Å²) >= 11 is 5.81. The molecular weight excluding hydrogens is 386 g/mol. The molecule has 0 spiro atoms. The fraction of sp³-hybridized carbons (Fsp3) is 0.444. The van der Waals surface area contributed by atoms with Crippen molar-refractivity contribution in [3.63, 3.8) is 0 Å². The zero-order valence-electron chi connectivity index (χ0n) is 15.1. The molecule has 148 valence electrons.